The molecule has 2 bridgehead atoms. The summed E-state index contributed by atoms with van der Waals surface area (Å²) in [6, 6.07) is 0. The molecule has 0 aromatic heterocycles. The van der Waals surface area contributed by atoms with Crippen molar-refractivity contribution in [1.82, 2.24) is 0 Å². The molecule has 72 valence electrons. The number of carbonyl (C=O) groups excluding carboxylic acids is 1. The van der Waals surface area contributed by atoms with Crippen LogP contribution in [0.4, 0.5) is 0 Å². The van der Waals surface area contributed by atoms with E-state index in [0.717, 1.165) is 38.8 Å². The maximum absolute atomic E-state index is 10.7. The second-order valence-corrected chi connectivity index (χ2v) is 4.44. The van der Waals surface area contributed by atoms with Crippen LogP contribution >= 0.6 is 0 Å². The molecule has 0 N–H and O–H groups in total. The lowest BCUT2D eigenvalue weighted by Gasteiger charge is -2.33. The van der Waals surface area contributed by atoms with E-state index in [1.807, 2.05) is 0 Å². The van der Waals surface area contributed by atoms with Crippen LogP contribution in [0, 0.1) is 17.8 Å². The average molecular weight is 182 g/mol. The van der Waals surface area contributed by atoms with E-state index in [1.54, 1.807) is 0 Å². The molecule has 1 heterocycles. The maximum atomic E-state index is 10.7. The Morgan fingerprint density at radius 3 is 2.54 bits per heavy atom. The van der Waals surface area contributed by atoms with Gasteiger partial charge in [0.05, 0.1) is 13.2 Å². The molecule has 1 spiro atoms. The van der Waals surface area contributed by atoms with Gasteiger partial charge in [-0.05, 0) is 18.8 Å². The molecule has 0 radical (unpaired) electrons. The Bertz CT molecular complexity index is 232. The zero-order chi connectivity index (χ0) is 8.89. The van der Waals surface area contributed by atoms with E-state index in [4.69, 9.17) is 9.47 Å². The molecule has 3 rings (SSSR count). The number of rotatable bonds is 1. The molecular formula is C10H14O3. The zero-order valence-corrected chi connectivity index (χ0v) is 7.57. The lowest BCUT2D eigenvalue weighted by atomic mass is 9.86. The second kappa shape index (κ2) is 2.55. The van der Waals surface area contributed by atoms with Gasteiger partial charge in [0, 0.05) is 18.3 Å². The van der Waals surface area contributed by atoms with Crippen LogP contribution in [0.25, 0.3) is 0 Å². The molecule has 0 aromatic carbocycles. The SMILES string of the molecule is O=CC1CC2CC1CC21OCCO1. The highest BCUT2D eigenvalue weighted by atomic mass is 16.7. The lowest BCUT2D eigenvalue weighted by Crippen LogP contribution is -2.38. The monoisotopic (exact) mass is 182 g/mol. The summed E-state index contributed by atoms with van der Waals surface area (Å²) in [5.74, 6) is 1.02. The Morgan fingerprint density at radius 2 is 2.00 bits per heavy atom. The van der Waals surface area contributed by atoms with Gasteiger partial charge in [0.1, 0.15) is 6.29 Å². The minimum Gasteiger partial charge on any atom is -0.347 e. The number of carbonyl (C=O) groups is 1. The van der Waals surface area contributed by atoms with Crippen molar-refractivity contribution in [2.45, 2.75) is 25.0 Å². The molecule has 2 saturated carbocycles. The number of ether oxygens (including phenoxy) is 2. The van der Waals surface area contributed by atoms with E-state index >= 15 is 0 Å². The first-order chi connectivity index (χ1) is 6.34. The zero-order valence-electron chi connectivity index (χ0n) is 7.57. The Kier molecular flexibility index (Phi) is 1.56. The van der Waals surface area contributed by atoms with E-state index in [-0.39, 0.29) is 11.7 Å². The molecule has 0 aromatic rings. The van der Waals surface area contributed by atoms with Crippen molar-refractivity contribution in [2.24, 2.45) is 17.8 Å². The highest BCUT2D eigenvalue weighted by molar-refractivity contribution is 5.55. The van der Waals surface area contributed by atoms with Crippen LogP contribution in [0.15, 0.2) is 0 Å². The molecule has 3 aliphatic rings. The van der Waals surface area contributed by atoms with E-state index in [0.29, 0.717) is 11.8 Å². The first-order valence-corrected chi connectivity index (χ1v) is 5.07. The summed E-state index contributed by atoms with van der Waals surface area (Å²) in [6.07, 6.45) is 4.17. The number of fused-ring (bicyclic) bond motifs is 3. The van der Waals surface area contributed by atoms with E-state index in [1.165, 1.54) is 0 Å². The summed E-state index contributed by atoms with van der Waals surface area (Å²) in [4.78, 5) is 10.7. The number of hydrogen-bond acceptors (Lipinski definition) is 3. The van der Waals surface area contributed by atoms with Gasteiger partial charge in [0.15, 0.2) is 5.79 Å². The van der Waals surface area contributed by atoms with Gasteiger partial charge in [0.25, 0.3) is 0 Å². The lowest BCUT2D eigenvalue weighted by molar-refractivity contribution is -0.194. The van der Waals surface area contributed by atoms with Crippen molar-refractivity contribution in [1.29, 1.82) is 0 Å². The number of aldehydes is 1. The third kappa shape index (κ3) is 0.945. The van der Waals surface area contributed by atoms with Gasteiger partial charge in [0.2, 0.25) is 0 Å². The third-order valence-electron chi connectivity index (χ3n) is 3.87. The minimum absolute atomic E-state index is 0.274. The van der Waals surface area contributed by atoms with E-state index < -0.39 is 0 Å². The van der Waals surface area contributed by atoms with Crippen LogP contribution in [0.1, 0.15) is 19.3 Å². The maximum Gasteiger partial charge on any atom is 0.171 e. The Hall–Kier alpha value is -0.410. The van der Waals surface area contributed by atoms with Gasteiger partial charge < -0.3 is 14.3 Å². The van der Waals surface area contributed by atoms with Crippen LogP contribution in [-0.4, -0.2) is 25.3 Å². The first-order valence-electron chi connectivity index (χ1n) is 5.07. The summed E-state index contributed by atoms with van der Waals surface area (Å²) in [5, 5.41) is 0. The Balaban J connectivity index is 1.82. The van der Waals surface area contributed by atoms with Gasteiger partial charge >= 0.3 is 0 Å². The van der Waals surface area contributed by atoms with Crippen molar-refractivity contribution in [3.05, 3.63) is 0 Å². The largest absolute Gasteiger partial charge is 0.347 e. The normalized spacial score (nSPS) is 46.0. The smallest absolute Gasteiger partial charge is 0.171 e. The van der Waals surface area contributed by atoms with Crippen molar-refractivity contribution in [3.63, 3.8) is 0 Å². The molecular weight excluding hydrogens is 168 g/mol. The quantitative estimate of drug-likeness (QED) is 0.567. The predicted molar refractivity (Wildman–Crippen MR) is 45.0 cm³/mol. The number of hydrogen-bond donors (Lipinski definition) is 0. The summed E-state index contributed by atoms with van der Waals surface area (Å²) < 4.78 is 11.4. The molecule has 3 nitrogen and oxygen atoms in total. The van der Waals surface area contributed by atoms with Gasteiger partial charge in [-0.2, -0.15) is 0 Å². The second-order valence-electron chi connectivity index (χ2n) is 4.44. The topological polar surface area (TPSA) is 35.5 Å². The standard InChI is InChI=1S/C10H14O3/c11-6-8-4-9-3-7(8)5-10(9)12-1-2-13-10/h6-9H,1-5H2. The minimum atomic E-state index is -0.274. The summed E-state index contributed by atoms with van der Waals surface area (Å²) in [6.45, 7) is 1.46. The van der Waals surface area contributed by atoms with E-state index in [2.05, 4.69) is 0 Å². The molecule has 1 saturated heterocycles. The average Bonchev–Trinajstić information content (AvgIpc) is 2.80. The summed E-state index contributed by atoms with van der Waals surface area (Å²) in [5.41, 5.74) is 0. The van der Waals surface area contributed by atoms with Crippen LogP contribution in [0.3, 0.4) is 0 Å². The Labute approximate surface area is 77.4 Å². The fraction of sp³-hybridized carbons (Fsp3) is 0.900. The van der Waals surface area contributed by atoms with Gasteiger partial charge in [-0.1, -0.05) is 0 Å². The molecule has 3 fully saturated rings. The molecule has 3 atom stereocenters. The van der Waals surface area contributed by atoms with Crippen molar-refractivity contribution in [2.75, 3.05) is 13.2 Å². The fourth-order valence-corrected chi connectivity index (χ4v) is 3.27. The highest BCUT2D eigenvalue weighted by Crippen LogP contribution is 2.56. The van der Waals surface area contributed by atoms with Crippen LogP contribution in [0.5, 0.6) is 0 Å². The molecule has 13 heavy (non-hydrogen) atoms. The van der Waals surface area contributed by atoms with Crippen LogP contribution < -0.4 is 0 Å². The molecule has 2 aliphatic carbocycles. The van der Waals surface area contributed by atoms with E-state index in [9.17, 15) is 4.79 Å². The van der Waals surface area contributed by atoms with Crippen molar-refractivity contribution in [3.8, 4) is 0 Å². The third-order valence-corrected chi connectivity index (χ3v) is 3.87. The summed E-state index contributed by atoms with van der Waals surface area (Å²) >= 11 is 0. The summed E-state index contributed by atoms with van der Waals surface area (Å²) in [7, 11) is 0. The van der Waals surface area contributed by atoms with Crippen LogP contribution in [0.2, 0.25) is 0 Å². The molecule has 0 amide bonds. The van der Waals surface area contributed by atoms with Crippen LogP contribution in [-0.2, 0) is 14.3 Å². The Morgan fingerprint density at radius 1 is 1.23 bits per heavy atom. The van der Waals surface area contributed by atoms with Crippen molar-refractivity contribution < 1.29 is 14.3 Å². The van der Waals surface area contributed by atoms with Gasteiger partial charge in [-0.25, -0.2) is 0 Å². The predicted octanol–water partition coefficient (Wildman–Crippen LogP) is 0.974. The molecule has 1 aliphatic heterocycles. The van der Waals surface area contributed by atoms with Gasteiger partial charge in [-0.3, -0.25) is 0 Å². The first kappa shape index (κ1) is 7.94. The fourth-order valence-electron chi connectivity index (χ4n) is 3.27. The molecule has 3 unspecified atom stereocenters. The highest BCUT2D eigenvalue weighted by Gasteiger charge is 2.58. The molecule has 3 heteroatoms. The van der Waals surface area contributed by atoms with Gasteiger partial charge in [-0.15, -0.1) is 0 Å². The van der Waals surface area contributed by atoms with Crippen molar-refractivity contribution >= 4 is 6.29 Å².